The van der Waals surface area contributed by atoms with E-state index in [-0.39, 0.29) is 5.75 Å². The highest BCUT2D eigenvalue weighted by Crippen LogP contribution is 2.25. The quantitative estimate of drug-likeness (QED) is 0.776. The summed E-state index contributed by atoms with van der Waals surface area (Å²) in [5.41, 5.74) is 0. The van der Waals surface area contributed by atoms with Gasteiger partial charge in [-0.05, 0) is 31.2 Å². The summed E-state index contributed by atoms with van der Waals surface area (Å²) in [6.07, 6.45) is -0.622. The number of carbonyl (C=O) groups is 1. The van der Waals surface area contributed by atoms with Gasteiger partial charge in [-0.2, -0.15) is 0 Å². The number of halogens is 2. The molecular formula is C16H15F2NO4. The summed E-state index contributed by atoms with van der Waals surface area (Å²) < 4.78 is 36.1. The predicted octanol–water partition coefficient (Wildman–Crippen LogP) is 4.14. The molecular weight excluding hydrogens is 308 g/mol. The molecule has 0 unspecified atom stereocenters. The fourth-order valence-corrected chi connectivity index (χ4v) is 1.75. The zero-order valence-corrected chi connectivity index (χ0v) is 12.6. The van der Waals surface area contributed by atoms with Crippen molar-refractivity contribution in [3.63, 3.8) is 0 Å². The molecule has 0 aliphatic rings. The van der Waals surface area contributed by atoms with Gasteiger partial charge in [-0.3, -0.25) is 0 Å². The molecule has 23 heavy (non-hydrogen) atoms. The van der Waals surface area contributed by atoms with Crippen molar-refractivity contribution in [2.45, 2.75) is 6.92 Å². The predicted molar refractivity (Wildman–Crippen MR) is 78.3 cm³/mol. The van der Waals surface area contributed by atoms with Crippen LogP contribution < -0.4 is 9.57 Å². The monoisotopic (exact) mass is 323 g/mol. The van der Waals surface area contributed by atoms with Crippen molar-refractivity contribution in [1.29, 1.82) is 0 Å². The molecule has 2 aromatic rings. The van der Waals surface area contributed by atoms with Gasteiger partial charge in [-0.15, -0.1) is 5.06 Å². The Hall–Kier alpha value is -2.83. The van der Waals surface area contributed by atoms with Crippen LogP contribution in [0, 0.1) is 11.6 Å². The third-order valence-electron chi connectivity index (χ3n) is 2.78. The number of carbonyl (C=O) groups excluding carboxylic acids is 1. The first-order valence-electron chi connectivity index (χ1n) is 6.79. The minimum atomic E-state index is -0.725. The van der Waals surface area contributed by atoms with E-state index in [1.54, 1.807) is 31.2 Å². The summed E-state index contributed by atoms with van der Waals surface area (Å²) in [7, 11) is 1.25. The average Bonchev–Trinajstić information content (AvgIpc) is 2.52. The molecule has 0 bridgehead atoms. The molecule has 0 atom stereocenters. The number of methoxy groups -OCH3 is 1. The van der Waals surface area contributed by atoms with Gasteiger partial charge in [0.25, 0.3) is 0 Å². The zero-order chi connectivity index (χ0) is 16.8. The fourth-order valence-electron chi connectivity index (χ4n) is 1.75. The van der Waals surface area contributed by atoms with Gasteiger partial charge in [-0.1, -0.05) is 0 Å². The van der Waals surface area contributed by atoms with E-state index in [1.165, 1.54) is 7.11 Å². The van der Waals surface area contributed by atoms with Crippen LogP contribution in [-0.2, 0) is 4.74 Å². The lowest BCUT2D eigenvalue weighted by molar-refractivity contribution is -0.0381. The molecule has 0 spiro atoms. The molecule has 1 amide bonds. The van der Waals surface area contributed by atoms with Gasteiger partial charge < -0.3 is 14.3 Å². The molecule has 5 nitrogen and oxygen atoms in total. The Labute approximate surface area is 131 Å². The van der Waals surface area contributed by atoms with E-state index in [4.69, 9.17) is 9.57 Å². The third-order valence-corrected chi connectivity index (χ3v) is 2.78. The molecule has 2 rings (SSSR count). The Kier molecular flexibility index (Phi) is 5.35. The lowest BCUT2D eigenvalue weighted by Gasteiger charge is -2.19. The molecule has 0 aliphatic carbocycles. The number of benzene rings is 2. The first kappa shape index (κ1) is 16.5. The standard InChI is InChI=1S/C16H15F2NO4/c1-3-19(16(20)21-2)23-14-6-4-13(5-7-14)22-15-9-11(17)8-12(18)10-15/h4-10H,3H2,1-2H3. The molecule has 0 fully saturated rings. The van der Waals surface area contributed by atoms with E-state index in [0.717, 1.165) is 23.3 Å². The Morgan fingerprint density at radius 1 is 1.00 bits per heavy atom. The van der Waals surface area contributed by atoms with E-state index >= 15 is 0 Å². The molecule has 0 saturated carbocycles. The van der Waals surface area contributed by atoms with Crippen molar-refractivity contribution in [3.05, 3.63) is 54.1 Å². The fraction of sp³-hybridized carbons (Fsp3) is 0.188. The molecule has 7 heteroatoms. The SMILES string of the molecule is CCN(Oc1ccc(Oc2cc(F)cc(F)c2)cc1)C(=O)OC. The van der Waals surface area contributed by atoms with Gasteiger partial charge in [0.1, 0.15) is 23.1 Å². The molecule has 0 N–H and O–H groups in total. The second-order valence-electron chi connectivity index (χ2n) is 4.43. The maximum absolute atomic E-state index is 13.1. The van der Waals surface area contributed by atoms with Crippen molar-refractivity contribution in [2.24, 2.45) is 0 Å². The average molecular weight is 323 g/mol. The minimum absolute atomic E-state index is 0.0425. The summed E-state index contributed by atoms with van der Waals surface area (Å²) in [4.78, 5) is 16.7. The van der Waals surface area contributed by atoms with Crippen molar-refractivity contribution in [3.8, 4) is 17.2 Å². The number of hydroxylamine groups is 2. The number of hydrogen-bond donors (Lipinski definition) is 0. The number of ether oxygens (including phenoxy) is 2. The van der Waals surface area contributed by atoms with Gasteiger partial charge in [0.15, 0.2) is 5.75 Å². The van der Waals surface area contributed by atoms with Crippen molar-refractivity contribution >= 4 is 6.09 Å². The van der Waals surface area contributed by atoms with E-state index < -0.39 is 17.7 Å². The lowest BCUT2D eigenvalue weighted by atomic mass is 10.3. The summed E-state index contributed by atoms with van der Waals surface area (Å²) in [6, 6.07) is 9.10. The highest BCUT2D eigenvalue weighted by atomic mass is 19.1. The van der Waals surface area contributed by atoms with Crippen LogP contribution in [0.15, 0.2) is 42.5 Å². The molecule has 0 saturated heterocycles. The van der Waals surface area contributed by atoms with Crippen molar-refractivity contribution in [2.75, 3.05) is 13.7 Å². The first-order valence-corrected chi connectivity index (χ1v) is 6.79. The Balaban J connectivity index is 2.05. The first-order chi connectivity index (χ1) is 11.0. The van der Waals surface area contributed by atoms with Crippen LogP contribution in [-0.4, -0.2) is 24.8 Å². The Bertz CT molecular complexity index is 656. The zero-order valence-electron chi connectivity index (χ0n) is 12.6. The second kappa shape index (κ2) is 7.44. The van der Waals surface area contributed by atoms with Crippen LogP contribution in [0.3, 0.4) is 0 Å². The van der Waals surface area contributed by atoms with E-state index in [0.29, 0.717) is 18.0 Å². The van der Waals surface area contributed by atoms with Gasteiger partial charge in [0.2, 0.25) is 0 Å². The van der Waals surface area contributed by atoms with Crippen molar-refractivity contribution < 1.29 is 27.9 Å². The summed E-state index contributed by atoms with van der Waals surface area (Å²) in [5, 5.41) is 1.04. The lowest BCUT2D eigenvalue weighted by Crippen LogP contribution is -2.33. The normalized spacial score (nSPS) is 10.1. The number of rotatable bonds is 5. The van der Waals surface area contributed by atoms with Crippen molar-refractivity contribution in [1.82, 2.24) is 5.06 Å². The number of nitrogens with zero attached hydrogens (tertiary/aromatic N) is 1. The molecule has 0 aromatic heterocycles. The maximum Gasteiger partial charge on any atom is 0.442 e. The minimum Gasteiger partial charge on any atom is -0.457 e. The molecule has 0 radical (unpaired) electrons. The van der Waals surface area contributed by atoms with E-state index in [1.807, 2.05) is 0 Å². The molecule has 122 valence electrons. The maximum atomic E-state index is 13.1. The summed E-state index contributed by atoms with van der Waals surface area (Å²) in [6.45, 7) is 2.03. The number of amides is 1. The van der Waals surface area contributed by atoms with Crippen LogP contribution >= 0.6 is 0 Å². The topological polar surface area (TPSA) is 48.0 Å². The molecule has 2 aromatic carbocycles. The van der Waals surface area contributed by atoms with E-state index in [2.05, 4.69) is 4.74 Å². The van der Waals surface area contributed by atoms with E-state index in [9.17, 15) is 13.6 Å². The molecule has 0 aliphatic heterocycles. The van der Waals surface area contributed by atoms with Gasteiger partial charge in [0.05, 0.1) is 13.7 Å². The Morgan fingerprint density at radius 3 is 2.09 bits per heavy atom. The largest absolute Gasteiger partial charge is 0.457 e. The van der Waals surface area contributed by atoms with Crippen LogP contribution in [0.1, 0.15) is 6.92 Å². The van der Waals surface area contributed by atoms with Gasteiger partial charge in [-0.25, -0.2) is 13.6 Å². The smallest absolute Gasteiger partial charge is 0.442 e. The van der Waals surface area contributed by atoms with Crippen LogP contribution in [0.5, 0.6) is 17.2 Å². The van der Waals surface area contributed by atoms with Gasteiger partial charge >= 0.3 is 6.09 Å². The van der Waals surface area contributed by atoms with Crippen LogP contribution in [0.4, 0.5) is 13.6 Å². The second-order valence-corrected chi connectivity index (χ2v) is 4.43. The highest BCUT2D eigenvalue weighted by molar-refractivity contribution is 5.66. The highest BCUT2D eigenvalue weighted by Gasteiger charge is 2.13. The Morgan fingerprint density at radius 2 is 1.57 bits per heavy atom. The third kappa shape index (κ3) is 4.57. The van der Waals surface area contributed by atoms with Crippen LogP contribution in [0.25, 0.3) is 0 Å². The van der Waals surface area contributed by atoms with Crippen LogP contribution in [0.2, 0.25) is 0 Å². The number of hydrogen-bond acceptors (Lipinski definition) is 4. The molecule has 0 heterocycles. The van der Waals surface area contributed by atoms with Gasteiger partial charge in [0, 0.05) is 18.2 Å². The summed E-state index contributed by atoms with van der Waals surface area (Å²) >= 11 is 0. The summed E-state index contributed by atoms with van der Waals surface area (Å²) in [5.74, 6) is -0.660.